The van der Waals surface area contributed by atoms with Gasteiger partial charge in [-0.3, -0.25) is 0 Å². The molecule has 2 aliphatic rings. The first kappa shape index (κ1) is 12.7. The third kappa shape index (κ3) is 3.64. The Morgan fingerprint density at radius 2 is 2.06 bits per heavy atom. The van der Waals surface area contributed by atoms with E-state index in [-0.39, 0.29) is 0 Å². The maximum atomic E-state index is 6.30. The van der Waals surface area contributed by atoms with Crippen molar-refractivity contribution in [3.63, 3.8) is 0 Å². The number of hydrogen-bond acceptors (Lipinski definition) is 3. The summed E-state index contributed by atoms with van der Waals surface area (Å²) in [6.07, 6.45) is 6.76. The molecule has 0 aromatic rings. The van der Waals surface area contributed by atoms with Crippen LogP contribution in [0.4, 0.5) is 0 Å². The van der Waals surface area contributed by atoms with Crippen LogP contribution in [-0.2, 0) is 0 Å². The molecular weight excluding hydrogens is 216 g/mol. The van der Waals surface area contributed by atoms with Crippen LogP contribution >= 0.6 is 11.8 Å². The van der Waals surface area contributed by atoms with Crippen LogP contribution in [0.25, 0.3) is 0 Å². The lowest BCUT2D eigenvalue weighted by Gasteiger charge is -2.34. The van der Waals surface area contributed by atoms with Crippen LogP contribution in [0.5, 0.6) is 0 Å². The topological polar surface area (TPSA) is 29.3 Å². The molecule has 0 aromatic carbocycles. The van der Waals surface area contributed by atoms with Gasteiger partial charge in [0.05, 0.1) is 0 Å². The highest BCUT2D eigenvalue weighted by Gasteiger charge is 2.25. The quantitative estimate of drug-likeness (QED) is 0.754. The zero-order valence-electron chi connectivity index (χ0n) is 10.5. The maximum Gasteiger partial charge on any atom is 0.0147 e. The van der Waals surface area contributed by atoms with Gasteiger partial charge in [0.15, 0.2) is 0 Å². The molecule has 1 saturated carbocycles. The molecule has 2 rings (SSSR count). The molecular formula is C13H26N2S. The molecule has 0 spiro atoms. The van der Waals surface area contributed by atoms with E-state index in [4.69, 9.17) is 5.73 Å². The Morgan fingerprint density at radius 3 is 2.88 bits per heavy atom. The van der Waals surface area contributed by atoms with Crippen molar-refractivity contribution in [1.82, 2.24) is 4.90 Å². The molecule has 1 aliphatic carbocycles. The number of nitrogens with zero attached hydrogens (tertiary/aromatic N) is 1. The Bertz CT molecular complexity index is 210. The highest BCUT2D eigenvalue weighted by atomic mass is 32.2. The molecule has 2 fully saturated rings. The van der Waals surface area contributed by atoms with Gasteiger partial charge in [-0.2, -0.15) is 11.8 Å². The van der Waals surface area contributed by atoms with Crippen molar-refractivity contribution in [2.75, 3.05) is 25.4 Å². The highest BCUT2D eigenvalue weighted by Crippen LogP contribution is 2.25. The summed E-state index contributed by atoms with van der Waals surface area (Å²) in [5.74, 6) is 2.07. The van der Waals surface area contributed by atoms with Crippen LogP contribution in [0.15, 0.2) is 0 Å². The van der Waals surface area contributed by atoms with E-state index in [1.165, 1.54) is 57.5 Å². The molecule has 2 N–H and O–H groups in total. The smallest absolute Gasteiger partial charge is 0.0147 e. The zero-order valence-corrected chi connectivity index (χ0v) is 11.3. The molecule has 3 atom stereocenters. The molecule has 16 heavy (non-hydrogen) atoms. The minimum atomic E-state index is 0.465. The van der Waals surface area contributed by atoms with Crippen molar-refractivity contribution in [3.8, 4) is 0 Å². The molecule has 1 aliphatic heterocycles. The normalized spacial score (nSPS) is 38.2. The van der Waals surface area contributed by atoms with Crippen LogP contribution in [-0.4, -0.2) is 41.6 Å². The van der Waals surface area contributed by atoms with Gasteiger partial charge in [0, 0.05) is 36.7 Å². The van der Waals surface area contributed by atoms with Crippen molar-refractivity contribution in [1.29, 1.82) is 0 Å². The van der Waals surface area contributed by atoms with E-state index in [0.29, 0.717) is 6.04 Å². The lowest BCUT2D eigenvalue weighted by atomic mass is 9.95. The third-order valence-electron chi connectivity index (χ3n) is 4.04. The van der Waals surface area contributed by atoms with Gasteiger partial charge in [-0.1, -0.05) is 26.2 Å². The van der Waals surface area contributed by atoms with Crippen molar-refractivity contribution in [3.05, 3.63) is 0 Å². The van der Waals surface area contributed by atoms with Gasteiger partial charge in [0.1, 0.15) is 0 Å². The monoisotopic (exact) mass is 242 g/mol. The predicted octanol–water partition coefficient (Wildman–Crippen LogP) is 2.33. The third-order valence-corrected chi connectivity index (χ3v) is 5.17. The first-order valence-electron chi connectivity index (χ1n) is 6.85. The fourth-order valence-electron chi connectivity index (χ4n) is 3.03. The number of hydrogen-bond donors (Lipinski definition) is 1. The van der Waals surface area contributed by atoms with Gasteiger partial charge < -0.3 is 10.6 Å². The van der Waals surface area contributed by atoms with Gasteiger partial charge >= 0.3 is 0 Å². The van der Waals surface area contributed by atoms with E-state index < -0.39 is 0 Å². The summed E-state index contributed by atoms with van der Waals surface area (Å²) < 4.78 is 0. The molecule has 3 heteroatoms. The van der Waals surface area contributed by atoms with Crippen molar-refractivity contribution >= 4 is 11.8 Å². The first-order valence-corrected chi connectivity index (χ1v) is 7.90. The van der Waals surface area contributed by atoms with E-state index >= 15 is 0 Å². The van der Waals surface area contributed by atoms with Crippen LogP contribution in [0.1, 0.15) is 39.0 Å². The summed E-state index contributed by atoms with van der Waals surface area (Å²) in [6, 6.07) is 0.465. The highest BCUT2D eigenvalue weighted by molar-refractivity contribution is 7.99. The zero-order chi connectivity index (χ0) is 11.4. The van der Waals surface area contributed by atoms with E-state index in [2.05, 4.69) is 23.6 Å². The Kier molecular flexibility index (Phi) is 4.98. The van der Waals surface area contributed by atoms with Gasteiger partial charge in [0.2, 0.25) is 0 Å². The lowest BCUT2D eigenvalue weighted by Crippen LogP contribution is -2.43. The molecule has 3 unspecified atom stereocenters. The Balaban J connectivity index is 1.82. The van der Waals surface area contributed by atoms with Gasteiger partial charge in [-0.25, -0.2) is 0 Å². The Morgan fingerprint density at radius 1 is 1.25 bits per heavy atom. The fraction of sp³-hybridized carbons (Fsp3) is 1.00. The molecule has 1 heterocycles. The average molecular weight is 242 g/mol. The fourth-order valence-corrected chi connectivity index (χ4v) is 4.11. The van der Waals surface area contributed by atoms with E-state index in [1.807, 2.05) is 0 Å². The van der Waals surface area contributed by atoms with Crippen molar-refractivity contribution < 1.29 is 0 Å². The van der Waals surface area contributed by atoms with Gasteiger partial charge in [-0.05, 0) is 18.8 Å². The van der Waals surface area contributed by atoms with E-state index in [1.54, 1.807) is 0 Å². The van der Waals surface area contributed by atoms with Gasteiger partial charge in [0.25, 0.3) is 0 Å². The molecule has 2 nitrogen and oxygen atoms in total. The summed E-state index contributed by atoms with van der Waals surface area (Å²) in [5, 5.41) is 0.816. The van der Waals surface area contributed by atoms with Crippen LogP contribution in [0.2, 0.25) is 0 Å². The van der Waals surface area contributed by atoms with E-state index in [0.717, 1.165) is 11.2 Å². The molecule has 94 valence electrons. The first-order chi connectivity index (χ1) is 7.75. The standard InChI is InChI=1S/C13H26N2S/c1-11-9-15(7-8-16-11)10-12-5-3-2-4-6-13(12)14/h11-13H,2-10,14H2,1H3. The molecule has 0 radical (unpaired) electrons. The Labute approximate surface area is 104 Å². The minimum Gasteiger partial charge on any atom is -0.327 e. The average Bonchev–Trinajstić information content (AvgIpc) is 2.45. The summed E-state index contributed by atoms with van der Waals surface area (Å²) in [4.78, 5) is 2.65. The van der Waals surface area contributed by atoms with Crippen LogP contribution in [0.3, 0.4) is 0 Å². The Hall–Kier alpha value is 0.270. The molecule has 0 aromatic heterocycles. The second-order valence-corrected chi connectivity index (χ2v) is 7.05. The molecule has 0 bridgehead atoms. The lowest BCUT2D eigenvalue weighted by molar-refractivity contribution is 0.214. The predicted molar refractivity (Wildman–Crippen MR) is 72.9 cm³/mol. The maximum absolute atomic E-state index is 6.30. The second kappa shape index (κ2) is 6.27. The van der Waals surface area contributed by atoms with Crippen molar-refractivity contribution in [2.45, 2.75) is 50.3 Å². The van der Waals surface area contributed by atoms with E-state index in [9.17, 15) is 0 Å². The summed E-state index contributed by atoms with van der Waals surface area (Å²) in [6.45, 7) is 6.15. The van der Waals surface area contributed by atoms with Crippen LogP contribution in [0, 0.1) is 5.92 Å². The number of rotatable bonds is 2. The number of nitrogens with two attached hydrogens (primary N) is 1. The largest absolute Gasteiger partial charge is 0.327 e. The molecule has 1 saturated heterocycles. The minimum absolute atomic E-state index is 0.465. The summed E-state index contributed by atoms with van der Waals surface area (Å²) >= 11 is 2.12. The number of thioether (sulfide) groups is 1. The van der Waals surface area contributed by atoms with Gasteiger partial charge in [-0.15, -0.1) is 0 Å². The SMILES string of the molecule is CC1CN(CC2CCCCCC2N)CCS1. The summed E-state index contributed by atoms with van der Waals surface area (Å²) in [7, 11) is 0. The summed E-state index contributed by atoms with van der Waals surface area (Å²) in [5.41, 5.74) is 6.30. The van der Waals surface area contributed by atoms with Crippen molar-refractivity contribution in [2.24, 2.45) is 11.7 Å². The molecule has 0 amide bonds. The second-order valence-electron chi connectivity index (χ2n) is 5.50. The van der Waals surface area contributed by atoms with Crippen LogP contribution < -0.4 is 5.73 Å².